The van der Waals surface area contributed by atoms with Gasteiger partial charge >= 0.3 is 0 Å². The van der Waals surface area contributed by atoms with Crippen LogP contribution >= 0.6 is 0 Å². The Kier molecular flexibility index (Phi) is 4.47. The van der Waals surface area contributed by atoms with Gasteiger partial charge in [-0.15, -0.1) is 0 Å². The average Bonchev–Trinajstić information content (AvgIpc) is 2.42. The summed E-state index contributed by atoms with van der Waals surface area (Å²) in [4.78, 5) is 16.0. The molecule has 1 amide bonds. The van der Waals surface area contributed by atoms with E-state index in [0.29, 0.717) is 0 Å². The first-order chi connectivity index (χ1) is 9.95. The summed E-state index contributed by atoms with van der Waals surface area (Å²) in [6, 6.07) is 6.71. The normalized spacial score (nSPS) is 10.5. The molecular formula is C15H15F2N3O. The molecule has 110 valence electrons. The molecule has 2 rings (SSSR count). The predicted molar refractivity (Wildman–Crippen MR) is 77.3 cm³/mol. The van der Waals surface area contributed by atoms with Gasteiger partial charge in [0.05, 0.1) is 0 Å². The molecule has 1 heterocycles. The highest BCUT2D eigenvalue weighted by molar-refractivity contribution is 6.03. The lowest BCUT2D eigenvalue weighted by Crippen LogP contribution is -2.15. The van der Waals surface area contributed by atoms with Crippen molar-refractivity contribution in [3.8, 4) is 0 Å². The Morgan fingerprint density at radius 3 is 2.52 bits per heavy atom. The number of hydrogen-bond acceptors (Lipinski definition) is 3. The number of amides is 1. The molecule has 0 aliphatic heterocycles. The summed E-state index contributed by atoms with van der Waals surface area (Å²) in [5, 5.41) is 5.62. The maximum atomic E-state index is 13.1. The van der Waals surface area contributed by atoms with Crippen LogP contribution in [0, 0.1) is 11.6 Å². The van der Waals surface area contributed by atoms with E-state index in [4.69, 9.17) is 0 Å². The summed E-state index contributed by atoms with van der Waals surface area (Å²) in [6.07, 6.45) is 1.50. The molecule has 0 aliphatic rings. The number of nitrogens with zero attached hydrogens (tertiary/aromatic N) is 1. The first kappa shape index (κ1) is 14.9. The molecule has 1 aromatic carbocycles. The molecule has 0 atom stereocenters. The second-order valence-electron chi connectivity index (χ2n) is 4.81. The van der Waals surface area contributed by atoms with Gasteiger partial charge in [-0.05, 0) is 38.1 Å². The lowest BCUT2D eigenvalue weighted by molar-refractivity contribution is 0.102. The SMILES string of the molecule is CC(C)Nc1ccnc(C(=O)Nc2ccc(F)c(F)c2)c1. The number of aromatic nitrogens is 1. The van der Waals surface area contributed by atoms with Gasteiger partial charge in [0.15, 0.2) is 11.6 Å². The quantitative estimate of drug-likeness (QED) is 0.907. The van der Waals surface area contributed by atoms with Gasteiger partial charge in [-0.2, -0.15) is 0 Å². The van der Waals surface area contributed by atoms with E-state index < -0.39 is 17.5 Å². The number of hydrogen-bond donors (Lipinski definition) is 2. The standard InChI is InChI=1S/C15H15F2N3O/c1-9(2)19-11-5-6-18-14(8-11)15(21)20-10-3-4-12(16)13(17)7-10/h3-9H,1-2H3,(H,18,19)(H,20,21). The van der Waals surface area contributed by atoms with Crippen molar-refractivity contribution in [3.63, 3.8) is 0 Å². The Hall–Kier alpha value is -2.50. The van der Waals surface area contributed by atoms with Gasteiger partial charge in [-0.1, -0.05) is 0 Å². The molecule has 0 aliphatic carbocycles. The summed E-state index contributed by atoms with van der Waals surface area (Å²) in [5.74, 6) is -2.47. The minimum absolute atomic E-state index is 0.169. The molecule has 1 aromatic heterocycles. The highest BCUT2D eigenvalue weighted by atomic mass is 19.2. The number of rotatable bonds is 4. The summed E-state index contributed by atoms with van der Waals surface area (Å²) >= 11 is 0. The van der Waals surface area contributed by atoms with Crippen LogP contribution in [0.2, 0.25) is 0 Å². The zero-order chi connectivity index (χ0) is 15.4. The fourth-order valence-corrected chi connectivity index (χ4v) is 1.75. The van der Waals surface area contributed by atoms with Crippen molar-refractivity contribution in [2.24, 2.45) is 0 Å². The highest BCUT2D eigenvalue weighted by Gasteiger charge is 2.10. The van der Waals surface area contributed by atoms with Crippen LogP contribution in [-0.2, 0) is 0 Å². The zero-order valence-corrected chi connectivity index (χ0v) is 11.7. The molecule has 21 heavy (non-hydrogen) atoms. The number of halogens is 2. The number of anilines is 2. The van der Waals surface area contributed by atoms with Crippen LogP contribution in [0.15, 0.2) is 36.5 Å². The number of carbonyl (C=O) groups is 1. The van der Waals surface area contributed by atoms with Crippen LogP contribution in [0.3, 0.4) is 0 Å². The number of pyridine rings is 1. The fraction of sp³-hybridized carbons (Fsp3) is 0.200. The molecule has 4 nitrogen and oxygen atoms in total. The molecular weight excluding hydrogens is 276 g/mol. The predicted octanol–water partition coefficient (Wildman–Crippen LogP) is 3.43. The second-order valence-corrected chi connectivity index (χ2v) is 4.81. The largest absolute Gasteiger partial charge is 0.383 e. The van der Waals surface area contributed by atoms with Gasteiger partial charge in [0.1, 0.15) is 5.69 Å². The van der Waals surface area contributed by atoms with E-state index in [1.807, 2.05) is 13.8 Å². The molecule has 0 unspecified atom stereocenters. The van der Waals surface area contributed by atoms with E-state index in [0.717, 1.165) is 17.8 Å². The van der Waals surface area contributed by atoms with E-state index in [-0.39, 0.29) is 17.4 Å². The zero-order valence-electron chi connectivity index (χ0n) is 11.7. The summed E-state index contributed by atoms with van der Waals surface area (Å²) in [6.45, 7) is 3.95. The Labute approximate surface area is 121 Å². The van der Waals surface area contributed by atoms with Crippen LogP contribution in [-0.4, -0.2) is 16.9 Å². The van der Waals surface area contributed by atoms with Gasteiger partial charge < -0.3 is 10.6 Å². The third-order valence-electron chi connectivity index (χ3n) is 2.63. The van der Waals surface area contributed by atoms with Crippen molar-refractivity contribution in [1.82, 2.24) is 4.98 Å². The van der Waals surface area contributed by atoms with Crippen molar-refractivity contribution in [2.45, 2.75) is 19.9 Å². The van der Waals surface area contributed by atoms with Crippen molar-refractivity contribution in [1.29, 1.82) is 0 Å². The van der Waals surface area contributed by atoms with E-state index in [1.165, 1.54) is 12.3 Å². The van der Waals surface area contributed by atoms with Gasteiger partial charge in [0.25, 0.3) is 5.91 Å². The van der Waals surface area contributed by atoms with Crippen molar-refractivity contribution >= 4 is 17.3 Å². The summed E-state index contributed by atoms with van der Waals surface area (Å²) in [5.41, 5.74) is 1.11. The number of benzene rings is 1. The van der Waals surface area contributed by atoms with Crippen molar-refractivity contribution < 1.29 is 13.6 Å². The third kappa shape index (κ3) is 3.98. The van der Waals surface area contributed by atoms with Gasteiger partial charge in [-0.25, -0.2) is 8.78 Å². The average molecular weight is 291 g/mol. The lowest BCUT2D eigenvalue weighted by atomic mass is 10.2. The smallest absolute Gasteiger partial charge is 0.274 e. The number of nitrogens with one attached hydrogen (secondary N) is 2. The molecule has 0 radical (unpaired) electrons. The van der Waals surface area contributed by atoms with E-state index in [9.17, 15) is 13.6 Å². The molecule has 2 N–H and O–H groups in total. The summed E-state index contributed by atoms with van der Waals surface area (Å²) in [7, 11) is 0. The Morgan fingerprint density at radius 1 is 1.10 bits per heavy atom. The number of carbonyl (C=O) groups excluding carboxylic acids is 1. The molecule has 0 fully saturated rings. The van der Waals surface area contributed by atoms with Crippen LogP contribution < -0.4 is 10.6 Å². The van der Waals surface area contributed by atoms with Crippen molar-refractivity contribution in [3.05, 3.63) is 53.9 Å². The van der Waals surface area contributed by atoms with E-state index >= 15 is 0 Å². The third-order valence-corrected chi connectivity index (χ3v) is 2.63. The Balaban J connectivity index is 2.14. The first-order valence-corrected chi connectivity index (χ1v) is 6.44. The minimum Gasteiger partial charge on any atom is -0.383 e. The maximum Gasteiger partial charge on any atom is 0.274 e. The Morgan fingerprint density at radius 2 is 1.86 bits per heavy atom. The highest BCUT2D eigenvalue weighted by Crippen LogP contribution is 2.15. The van der Waals surface area contributed by atoms with Gasteiger partial charge in [0, 0.05) is 29.7 Å². The lowest BCUT2D eigenvalue weighted by Gasteiger charge is -2.11. The monoisotopic (exact) mass is 291 g/mol. The fourth-order valence-electron chi connectivity index (χ4n) is 1.75. The topological polar surface area (TPSA) is 54.0 Å². The minimum atomic E-state index is -1.02. The van der Waals surface area contributed by atoms with Gasteiger partial charge in [-0.3, -0.25) is 9.78 Å². The van der Waals surface area contributed by atoms with E-state index in [1.54, 1.807) is 12.1 Å². The molecule has 0 spiro atoms. The Bertz CT molecular complexity index is 659. The molecule has 2 aromatic rings. The van der Waals surface area contributed by atoms with E-state index in [2.05, 4.69) is 15.6 Å². The second kappa shape index (κ2) is 6.30. The molecule has 0 bridgehead atoms. The molecule has 6 heteroatoms. The summed E-state index contributed by atoms with van der Waals surface area (Å²) < 4.78 is 25.9. The first-order valence-electron chi connectivity index (χ1n) is 6.44. The van der Waals surface area contributed by atoms with Crippen LogP contribution in [0.1, 0.15) is 24.3 Å². The van der Waals surface area contributed by atoms with Crippen LogP contribution in [0.5, 0.6) is 0 Å². The van der Waals surface area contributed by atoms with Crippen LogP contribution in [0.4, 0.5) is 20.2 Å². The van der Waals surface area contributed by atoms with Crippen molar-refractivity contribution in [2.75, 3.05) is 10.6 Å². The molecule has 0 saturated carbocycles. The maximum absolute atomic E-state index is 13.1. The van der Waals surface area contributed by atoms with Gasteiger partial charge in [0.2, 0.25) is 0 Å². The van der Waals surface area contributed by atoms with Crippen LogP contribution in [0.25, 0.3) is 0 Å². The molecule has 0 saturated heterocycles.